The summed E-state index contributed by atoms with van der Waals surface area (Å²) in [6, 6.07) is 22.2. The number of hydrogen-bond acceptors (Lipinski definition) is 2. The highest BCUT2D eigenvalue weighted by Crippen LogP contribution is 2.34. The van der Waals surface area contributed by atoms with Crippen molar-refractivity contribution in [2.45, 2.75) is 0 Å². The minimum Gasteiger partial charge on any atom is -0.289 e. The SMILES string of the molecule is O=C1c2ccccc2C(=O)c2c1cccc2-c1ccccc1. The molecule has 0 aromatic heterocycles. The molecule has 0 spiro atoms. The molecule has 4 rings (SSSR count). The van der Waals surface area contributed by atoms with E-state index in [-0.39, 0.29) is 11.6 Å². The van der Waals surface area contributed by atoms with Crippen LogP contribution in [0.25, 0.3) is 11.1 Å². The number of benzene rings is 3. The Bertz CT molecular complexity index is 908. The van der Waals surface area contributed by atoms with Crippen molar-refractivity contribution >= 4 is 11.6 Å². The summed E-state index contributed by atoms with van der Waals surface area (Å²) >= 11 is 0. The van der Waals surface area contributed by atoms with E-state index in [4.69, 9.17) is 0 Å². The van der Waals surface area contributed by atoms with Gasteiger partial charge in [0.15, 0.2) is 11.6 Å². The Hall–Kier alpha value is -3.00. The Morgan fingerprint density at radius 1 is 0.455 bits per heavy atom. The maximum absolute atomic E-state index is 12.9. The molecule has 0 aliphatic heterocycles. The molecule has 3 aromatic carbocycles. The third-order valence-corrected chi connectivity index (χ3v) is 4.04. The maximum atomic E-state index is 12.9. The van der Waals surface area contributed by atoms with Gasteiger partial charge >= 0.3 is 0 Å². The van der Waals surface area contributed by atoms with E-state index in [9.17, 15) is 9.59 Å². The average molecular weight is 284 g/mol. The van der Waals surface area contributed by atoms with E-state index < -0.39 is 0 Å². The normalized spacial score (nSPS) is 12.7. The Labute approximate surface area is 128 Å². The summed E-state index contributed by atoms with van der Waals surface area (Å²) in [7, 11) is 0. The summed E-state index contributed by atoms with van der Waals surface area (Å²) in [5.74, 6) is -0.160. The zero-order valence-corrected chi connectivity index (χ0v) is 11.7. The lowest BCUT2D eigenvalue weighted by Crippen LogP contribution is -2.21. The van der Waals surface area contributed by atoms with Crippen LogP contribution in [0.4, 0.5) is 0 Å². The first-order chi connectivity index (χ1) is 10.8. The van der Waals surface area contributed by atoms with Crippen LogP contribution >= 0.6 is 0 Å². The van der Waals surface area contributed by atoms with Crippen LogP contribution in [0.15, 0.2) is 72.8 Å². The van der Waals surface area contributed by atoms with Gasteiger partial charge in [0, 0.05) is 22.3 Å². The van der Waals surface area contributed by atoms with Crippen molar-refractivity contribution in [1.82, 2.24) is 0 Å². The van der Waals surface area contributed by atoms with Gasteiger partial charge in [-0.25, -0.2) is 0 Å². The summed E-state index contributed by atoms with van der Waals surface area (Å²) in [5.41, 5.74) is 3.74. The molecule has 2 heteroatoms. The molecule has 104 valence electrons. The lowest BCUT2D eigenvalue weighted by molar-refractivity contribution is 0.0979. The number of hydrogen-bond donors (Lipinski definition) is 0. The third kappa shape index (κ3) is 1.74. The van der Waals surface area contributed by atoms with Gasteiger partial charge in [0.1, 0.15) is 0 Å². The molecule has 0 bridgehead atoms. The van der Waals surface area contributed by atoms with Gasteiger partial charge in [0.05, 0.1) is 0 Å². The predicted molar refractivity (Wildman–Crippen MR) is 85.2 cm³/mol. The standard InChI is InChI=1S/C20H12O2/c21-19-15-9-4-5-10-16(15)20(22)18-14(11-6-12-17(18)19)13-7-2-1-3-8-13/h1-12H. The molecule has 0 heterocycles. The highest BCUT2D eigenvalue weighted by atomic mass is 16.1. The second-order valence-corrected chi connectivity index (χ2v) is 5.30. The topological polar surface area (TPSA) is 34.1 Å². The van der Waals surface area contributed by atoms with E-state index in [1.807, 2.05) is 42.5 Å². The highest BCUT2D eigenvalue weighted by molar-refractivity contribution is 6.30. The molecule has 22 heavy (non-hydrogen) atoms. The lowest BCUT2D eigenvalue weighted by atomic mass is 9.80. The molecule has 0 unspecified atom stereocenters. The average Bonchev–Trinajstić information content (AvgIpc) is 2.60. The smallest absolute Gasteiger partial charge is 0.195 e. The quantitative estimate of drug-likeness (QED) is 0.526. The van der Waals surface area contributed by atoms with E-state index >= 15 is 0 Å². The predicted octanol–water partition coefficient (Wildman–Crippen LogP) is 4.13. The highest BCUT2D eigenvalue weighted by Gasteiger charge is 2.31. The van der Waals surface area contributed by atoms with Gasteiger partial charge in [-0.2, -0.15) is 0 Å². The van der Waals surface area contributed by atoms with Gasteiger partial charge in [0.25, 0.3) is 0 Å². The fourth-order valence-corrected chi connectivity index (χ4v) is 3.00. The third-order valence-electron chi connectivity index (χ3n) is 4.04. The Kier molecular flexibility index (Phi) is 2.76. The summed E-state index contributed by atoms with van der Waals surface area (Å²) in [6.45, 7) is 0. The van der Waals surface area contributed by atoms with Crippen molar-refractivity contribution in [2.75, 3.05) is 0 Å². The zero-order chi connectivity index (χ0) is 15.1. The molecule has 0 N–H and O–H groups in total. The monoisotopic (exact) mass is 284 g/mol. The Morgan fingerprint density at radius 2 is 1.00 bits per heavy atom. The molecule has 0 atom stereocenters. The van der Waals surface area contributed by atoms with Crippen LogP contribution in [0.2, 0.25) is 0 Å². The van der Waals surface area contributed by atoms with E-state index in [0.29, 0.717) is 22.3 Å². The molecular formula is C20H12O2. The largest absolute Gasteiger partial charge is 0.289 e. The first-order valence-corrected chi connectivity index (χ1v) is 7.14. The van der Waals surface area contributed by atoms with E-state index in [0.717, 1.165) is 11.1 Å². The fraction of sp³-hybridized carbons (Fsp3) is 0. The Morgan fingerprint density at radius 3 is 1.73 bits per heavy atom. The second kappa shape index (κ2) is 4.78. The summed E-state index contributed by atoms with van der Waals surface area (Å²) in [6.07, 6.45) is 0. The molecule has 0 saturated carbocycles. The summed E-state index contributed by atoms with van der Waals surface area (Å²) in [5, 5.41) is 0. The van der Waals surface area contributed by atoms with Gasteiger partial charge in [-0.1, -0.05) is 72.8 Å². The molecule has 1 aliphatic carbocycles. The molecule has 1 aliphatic rings. The minimum atomic E-state index is -0.0806. The number of rotatable bonds is 1. The Balaban J connectivity index is 2.02. The van der Waals surface area contributed by atoms with Gasteiger partial charge in [0.2, 0.25) is 0 Å². The number of ketones is 2. The number of carbonyl (C=O) groups excluding carboxylic acids is 2. The molecule has 0 fully saturated rings. The van der Waals surface area contributed by atoms with Crippen LogP contribution in [0.5, 0.6) is 0 Å². The van der Waals surface area contributed by atoms with Crippen molar-refractivity contribution in [2.24, 2.45) is 0 Å². The van der Waals surface area contributed by atoms with Crippen LogP contribution in [0, 0.1) is 0 Å². The van der Waals surface area contributed by atoms with Crippen molar-refractivity contribution in [3.8, 4) is 11.1 Å². The number of carbonyl (C=O) groups is 2. The van der Waals surface area contributed by atoms with Crippen molar-refractivity contribution in [1.29, 1.82) is 0 Å². The van der Waals surface area contributed by atoms with E-state index in [2.05, 4.69) is 0 Å². The van der Waals surface area contributed by atoms with Crippen LogP contribution in [0.1, 0.15) is 31.8 Å². The van der Waals surface area contributed by atoms with Crippen molar-refractivity contribution in [3.05, 3.63) is 95.1 Å². The minimum absolute atomic E-state index is 0.0790. The van der Waals surface area contributed by atoms with E-state index in [1.165, 1.54) is 0 Å². The zero-order valence-electron chi connectivity index (χ0n) is 11.7. The summed E-state index contributed by atoms with van der Waals surface area (Å²) in [4.78, 5) is 25.6. The van der Waals surface area contributed by atoms with Gasteiger partial charge in [-0.3, -0.25) is 9.59 Å². The molecule has 0 amide bonds. The van der Waals surface area contributed by atoms with Gasteiger partial charge in [-0.05, 0) is 11.1 Å². The van der Waals surface area contributed by atoms with Crippen LogP contribution in [-0.4, -0.2) is 11.6 Å². The number of fused-ring (bicyclic) bond motifs is 2. The van der Waals surface area contributed by atoms with Gasteiger partial charge in [-0.15, -0.1) is 0 Å². The van der Waals surface area contributed by atoms with E-state index in [1.54, 1.807) is 30.3 Å². The van der Waals surface area contributed by atoms with Gasteiger partial charge < -0.3 is 0 Å². The molecular weight excluding hydrogens is 272 g/mol. The van der Waals surface area contributed by atoms with Crippen LogP contribution in [-0.2, 0) is 0 Å². The van der Waals surface area contributed by atoms with Crippen molar-refractivity contribution < 1.29 is 9.59 Å². The first kappa shape index (κ1) is 12.7. The lowest BCUT2D eigenvalue weighted by Gasteiger charge is -2.20. The van der Waals surface area contributed by atoms with Crippen LogP contribution < -0.4 is 0 Å². The van der Waals surface area contributed by atoms with Crippen LogP contribution in [0.3, 0.4) is 0 Å². The first-order valence-electron chi connectivity index (χ1n) is 7.14. The molecule has 0 radical (unpaired) electrons. The second-order valence-electron chi connectivity index (χ2n) is 5.30. The summed E-state index contributed by atoms with van der Waals surface area (Å²) < 4.78 is 0. The molecule has 2 nitrogen and oxygen atoms in total. The molecule has 0 saturated heterocycles. The maximum Gasteiger partial charge on any atom is 0.195 e. The fourth-order valence-electron chi connectivity index (χ4n) is 3.00. The van der Waals surface area contributed by atoms with Crippen molar-refractivity contribution in [3.63, 3.8) is 0 Å². The molecule has 3 aromatic rings.